The van der Waals surface area contributed by atoms with Gasteiger partial charge in [-0.3, -0.25) is 5.32 Å². The van der Waals surface area contributed by atoms with Gasteiger partial charge >= 0.3 is 6.09 Å². The number of carbonyl (C=O) groups excluding carboxylic acids is 1. The van der Waals surface area contributed by atoms with E-state index in [-0.39, 0.29) is 6.04 Å². The van der Waals surface area contributed by atoms with E-state index in [1.165, 1.54) is 11.1 Å². The van der Waals surface area contributed by atoms with Gasteiger partial charge in [0.15, 0.2) is 5.82 Å². The van der Waals surface area contributed by atoms with Crippen LogP contribution < -0.4 is 10.6 Å². The highest BCUT2D eigenvalue weighted by molar-refractivity contribution is 5.85. The van der Waals surface area contributed by atoms with Gasteiger partial charge in [0.05, 0.1) is 11.7 Å². The molecule has 2 aromatic heterocycles. The molecule has 31 heavy (non-hydrogen) atoms. The highest BCUT2D eigenvalue weighted by atomic mass is 16.6. The summed E-state index contributed by atoms with van der Waals surface area (Å²) in [6, 6.07) is 11.9. The van der Waals surface area contributed by atoms with Crippen molar-refractivity contribution in [1.82, 2.24) is 20.0 Å². The van der Waals surface area contributed by atoms with E-state index >= 15 is 0 Å². The molecule has 0 saturated carbocycles. The van der Waals surface area contributed by atoms with Gasteiger partial charge in [-0.25, -0.2) is 9.48 Å². The van der Waals surface area contributed by atoms with Gasteiger partial charge in [0, 0.05) is 11.9 Å². The molecule has 1 aromatic carbocycles. The van der Waals surface area contributed by atoms with E-state index in [4.69, 9.17) is 4.74 Å². The molecular weight excluding hydrogens is 392 g/mol. The van der Waals surface area contributed by atoms with Crippen LogP contribution in [0.15, 0.2) is 42.6 Å². The molecule has 162 valence electrons. The number of amides is 1. The molecule has 0 saturated heterocycles. The minimum atomic E-state index is -0.528. The van der Waals surface area contributed by atoms with Crippen molar-refractivity contribution < 1.29 is 9.53 Å². The van der Waals surface area contributed by atoms with Gasteiger partial charge in [0.25, 0.3) is 0 Å². The lowest BCUT2D eigenvalue weighted by Gasteiger charge is -2.27. The van der Waals surface area contributed by atoms with Crippen LogP contribution in [-0.2, 0) is 11.2 Å². The Morgan fingerprint density at radius 3 is 2.68 bits per heavy atom. The molecular formula is C23H28N6O2. The van der Waals surface area contributed by atoms with E-state index in [1.54, 1.807) is 4.68 Å². The Hall–Kier alpha value is -3.42. The summed E-state index contributed by atoms with van der Waals surface area (Å²) >= 11 is 0. The largest absolute Gasteiger partial charge is 0.444 e. The number of hydrogen-bond acceptors (Lipinski definition) is 6. The molecule has 8 heteroatoms. The van der Waals surface area contributed by atoms with Gasteiger partial charge in [-0.2, -0.15) is 5.10 Å². The first kappa shape index (κ1) is 20.8. The number of carbonyl (C=O) groups is 1. The van der Waals surface area contributed by atoms with Gasteiger partial charge in [0.2, 0.25) is 0 Å². The lowest BCUT2D eigenvalue weighted by atomic mass is 9.87. The number of fused-ring (bicyclic) bond motifs is 1. The molecule has 2 heterocycles. The zero-order chi connectivity index (χ0) is 22.0. The van der Waals surface area contributed by atoms with Crippen LogP contribution in [0.4, 0.5) is 16.3 Å². The van der Waals surface area contributed by atoms with Crippen LogP contribution in [0.25, 0.3) is 5.82 Å². The van der Waals surface area contributed by atoms with E-state index in [9.17, 15) is 4.79 Å². The van der Waals surface area contributed by atoms with E-state index in [2.05, 4.69) is 32.0 Å². The molecule has 0 fully saturated rings. The topological polar surface area (TPSA) is 94.0 Å². The summed E-state index contributed by atoms with van der Waals surface area (Å²) in [5, 5.41) is 19.3. The third kappa shape index (κ3) is 5.20. The molecule has 1 amide bonds. The molecule has 8 nitrogen and oxygen atoms in total. The third-order valence-electron chi connectivity index (χ3n) is 5.03. The Morgan fingerprint density at radius 1 is 1.16 bits per heavy atom. The normalized spacial score (nSPS) is 15.8. The quantitative estimate of drug-likeness (QED) is 0.629. The molecule has 3 aromatic rings. The van der Waals surface area contributed by atoms with Crippen molar-refractivity contribution in [3.63, 3.8) is 0 Å². The van der Waals surface area contributed by atoms with Gasteiger partial charge in [0.1, 0.15) is 11.4 Å². The summed E-state index contributed by atoms with van der Waals surface area (Å²) in [4.78, 5) is 12.1. The Labute approximate surface area is 182 Å². The summed E-state index contributed by atoms with van der Waals surface area (Å²) < 4.78 is 7.05. The van der Waals surface area contributed by atoms with Crippen molar-refractivity contribution in [2.45, 2.75) is 58.6 Å². The molecule has 2 N–H and O–H groups in total. The lowest BCUT2D eigenvalue weighted by Crippen LogP contribution is -2.27. The Bertz CT molecular complexity index is 1070. The maximum Gasteiger partial charge on any atom is 0.412 e. The van der Waals surface area contributed by atoms with Crippen LogP contribution in [0.1, 0.15) is 56.5 Å². The van der Waals surface area contributed by atoms with Crippen molar-refractivity contribution in [3.05, 3.63) is 59.4 Å². The Balaban J connectivity index is 1.45. The van der Waals surface area contributed by atoms with E-state index in [1.807, 2.05) is 64.2 Å². The Morgan fingerprint density at radius 2 is 2.00 bits per heavy atom. The monoisotopic (exact) mass is 420 g/mol. The second kappa shape index (κ2) is 8.37. The minimum absolute atomic E-state index is 0.145. The predicted molar refractivity (Wildman–Crippen MR) is 119 cm³/mol. The van der Waals surface area contributed by atoms with Crippen LogP contribution in [0.3, 0.4) is 0 Å². The van der Waals surface area contributed by atoms with Crippen molar-refractivity contribution in [1.29, 1.82) is 0 Å². The van der Waals surface area contributed by atoms with Crippen LogP contribution in [0, 0.1) is 6.92 Å². The number of nitrogens with zero attached hydrogens (tertiary/aromatic N) is 4. The standard InChI is InChI=1S/C23H28N6O2/c1-15-12-13-29(28-15)21-11-10-20(26-27-21)25-19-7-5-6-16-14-17(8-9-18(16)19)24-22(30)31-23(2,3)4/h8-14,19H,5-7H2,1-4H3,(H,24,30)(H,25,26). The SMILES string of the molecule is Cc1ccn(-c2ccc(NC3CCCc4cc(NC(=O)OC(C)(C)C)ccc43)nn2)n1. The highest BCUT2D eigenvalue weighted by Gasteiger charge is 2.22. The van der Waals surface area contributed by atoms with E-state index < -0.39 is 11.7 Å². The van der Waals surface area contributed by atoms with Gasteiger partial charge in [-0.15, -0.1) is 10.2 Å². The summed E-state index contributed by atoms with van der Waals surface area (Å²) in [5.74, 6) is 1.40. The van der Waals surface area contributed by atoms with E-state index in [0.717, 1.165) is 36.5 Å². The highest BCUT2D eigenvalue weighted by Crippen LogP contribution is 2.33. The summed E-state index contributed by atoms with van der Waals surface area (Å²) in [5.41, 5.74) is 3.58. The number of aromatic nitrogens is 4. The average Bonchev–Trinajstić information content (AvgIpc) is 3.13. The van der Waals surface area contributed by atoms with Crippen molar-refractivity contribution in [3.8, 4) is 5.82 Å². The number of aryl methyl sites for hydroxylation is 2. The summed E-state index contributed by atoms with van der Waals surface area (Å²) in [7, 11) is 0. The van der Waals surface area contributed by atoms with Gasteiger partial charge in [-0.05, 0) is 88.4 Å². The lowest BCUT2D eigenvalue weighted by molar-refractivity contribution is 0.0636. The van der Waals surface area contributed by atoms with Crippen LogP contribution in [-0.4, -0.2) is 31.7 Å². The molecule has 0 aliphatic heterocycles. The van der Waals surface area contributed by atoms with Crippen LogP contribution >= 0.6 is 0 Å². The smallest absolute Gasteiger partial charge is 0.412 e. The number of rotatable bonds is 4. The first-order valence-electron chi connectivity index (χ1n) is 10.5. The van der Waals surface area contributed by atoms with Crippen LogP contribution in [0.5, 0.6) is 0 Å². The Kier molecular flexibility index (Phi) is 5.63. The number of ether oxygens (including phenoxy) is 1. The predicted octanol–water partition coefficient (Wildman–Crippen LogP) is 4.81. The molecule has 4 rings (SSSR count). The number of nitrogens with one attached hydrogen (secondary N) is 2. The second-order valence-electron chi connectivity index (χ2n) is 8.81. The zero-order valence-electron chi connectivity index (χ0n) is 18.3. The number of anilines is 2. The molecule has 0 spiro atoms. The molecule has 0 radical (unpaired) electrons. The first-order chi connectivity index (χ1) is 14.8. The molecule has 1 atom stereocenters. The fourth-order valence-electron chi connectivity index (χ4n) is 3.71. The van der Waals surface area contributed by atoms with Crippen molar-refractivity contribution in [2.75, 3.05) is 10.6 Å². The fraction of sp³-hybridized carbons (Fsp3) is 0.391. The van der Waals surface area contributed by atoms with Crippen molar-refractivity contribution >= 4 is 17.6 Å². The maximum absolute atomic E-state index is 12.1. The summed E-state index contributed by atoms with van der Waals surface area (Å²) in [6.07, 6.45) is 4.46. The molecule has 0 bridgehead atoms. The van der Waals surface area contributed by atoms with E-state index in [0.29, 0.717) is 5.82 Å². The maximum atomic E-state index is 12.1. The molecule has 1 aliphatic rings. The molecule has 1 unspecified atom stereocenters. The number of benzene rings is 1. The van der Waals surface area contributed by atoms with Crippen molar-refractivity contribution in [2.24, 2.45) is 0 Å². The third-order valence-corrected chi connectivity index (χ3v) is 5.03. The van der Waals surface area contributed by atoms with Crippen LogP contribution in [0.2, 0.25) is 0 Å². The minimum Gasteiger partial charge on any atom is -0.444 e. The van der Waals surface area contributed by atoms with Gasteiger partial charge in [-0.1, -0.05) is 6.07 Å². The molecule has 1 aliphatic carbocycles. The average molecular weight is 421 g/mol. The zero-order valence-corrected chi connectivity index (χ0v) is 18.3. The second-order valence-corrected chi connectivity index (χ2v) is 8.81. The summed E-state index contributed by atoms with van der Waals surface area (Å²) in [6.45, 7) is 7.48. The number of hydrogen-bond donors (Lipinski definition) is 2. The first-order valence-corrected chi connectivity index (χ1v) is 10.5. The fourth-order valence-corrected chi connectivity index (χ4v) is 3.71. The van der Waals surface area contributed by atoms with Gasteiger partial charge < -0.3 is 10.1 Å².